The summed E-state index contributed by atoms with van der Waals surface area (Å²) in [6.45, 7) is 1.63. The molecule has 1 aliphatic carbocycles. The molecule has 2 heterocycles. The van der Waals surface area contributed by atoms with Gasteiger partial charge in [-0.25, -0.2) is 18.4 Å². The summed E-state index contributed by atoms with van der Waals surface area (Å²) in [7, 11) is -3.50. The first-order valence-corrected chi connectivity index (χ1v) is 9.73. The zero-order chi connectivity index (χ0) is 16.9. The van der Waals surface area contributed by atoms with Crippen molar-refractivity contribution in [3.8, 4) is 0 Å². The van der Waals surface area contributed by atoms with Crippen molar-refractivity contribution in [2.45, 2.75) is 11.2 Å². The number of piperidine rings is 1. The average molecular weight is 345 g/mol. The van der Waals surface area contributed by atoms with E-state index in [1.54, 1.807) is 6.07 Å². The fourth-order valence-electron chi connectivity index (χ4n) is 3.23. The third kappa shape index (κ3) is 2.83. The molecule has 7 nitrogen and oxygen atoms in total. The van der Waals surface area contributed by atoms with Crippen molar-refractivity contribution in [1.29, 1.82) is 0 Å². The molecule has 1 aromatic heterocycles. The molecule has 1 saturated heterocycles. The first-order valence-electron chi connectivity index (χ1n) is 7.83. The van der Waals surface area contributed by atoms with Crippen LogP contribution in [0.25, 0.3) is 0 Å². The maximum Gasteiger partial charge on any atom is 0.250 e. The molecular formula is C16H19N5O2S. The fourth-order valence-corrected chi connectivity index (χ4v) is 3.76. The molecule has 4 rings (SSSR count). The number of aromatic nitrogens is 2. The Balaban J connectivity index is 1.67. The van der Waals surface area contributed by atoms with Gasteiger partial charge in [-0.2, -0.15) is 0 Å². The monoisotopic (exact) mass is 345 g/mol. The number of rotatable bonds is 4. The number of sulfone groups is 1. The Morgan fingerprint density at radius 1 is 1.17 bits per heavy atom. The molecule has 1 aromatic carbocycles. The van der Waals surface area contributed by atoms with Gasteiger partial charge in [0.15, 0.2) is 0 Å². The Bertz CT molecular complexity index is 859. The zero-order valence-electron chi connectivity index (χ0n) is 13.3. The molecule has 2 aliphatic rings. The molecule has 0 spiro atoms. The van der Waals surface area contributed by atoms with Crippen LogP contribution in [0.5, 0.6) is 0 Å². The molecule has 24 heavy (non-hydrogen) atoms. The standard InChI is InChI=1S/C16H19N5O2S/c1-24(22,23)16-19-13(18-10-5-3-2-4-6-10)7-14(20-16)21-8-11-12(9-21)15(11)17/h2-7,11-12,15H,8-9,17H2,1H3,(H,18,19,20)/t11-,12+,15?. The van der Waals surface area contributed by atoms with Gasteiger partial charge < -0.3 is 16.0 Å². The molecule has 0 bridgehead atoms. The lowest BCUT2D eigenvalue weighted by Gasteiger charge is -2.21. The van der Waals surface area contributed by atoms with Gasteiger partial charge in [0.2, 0.25) is 9.84 Å². The fraction of sp³-hybridized carbons (Fsp3) is 0.375. The van der Waals surface area contributed by atoms with Crippen molar-refractivity contribution in [2.75, 3.05) is 29.6 Å². The van der Waals surface area contributed by atoms with Crippen LogP contribution in [0.2, 0.25) is 0 Å². The molecule has 2 fully saturated rings. The van der Waals surface area contributed by atoms with Crippen LogP contribution in [0, 0.1) is 11.8 Å². The largest absolute Gasteiger partial charge is 0.356 e. The molecule has 1 unspecified atom stereocenters. The average Bonchev–Trinajstić information content (AvgIpc) is 2.97. The minimum Gasteiger partial charge on any atom is -0.356 e. The molecule has 3 N–H and O–H groups in total. The van der Waals surface area contributed by atoms with Crippen LogP contribution in [0.4, 0.5) is 17.3 Å². The molecule has 3 atom stereocenters. The predicted octanol–water partition coefficient (Wildman–Crippen LogP) is 1.02. The Morgan fingerprint density at radius 3 is 2.46 bits per heavy atom. The van der Waals surface area contributed by atoms with E-state index in [9.17, 15) is 8.42 Å². The number of anilines is 3. The van der Waals surface area contributed by atoms with Crippen molar-refractivity contribution in [3.05, 3.63) is 36.4 Å². The number of hydrogen-bond acceptors (Lipinski definition) is 7. The molecule has 126 valence electrons. The van der Waals surface area contributed by atoms with Crippen LogP contribution in [0.1, 0.15) is 0 Å². The third-order valence-electron chi connectivity index (χ3n) is 4.65. The summed E-state index contributed by atoms with van der Waals surface area (Å²) in [5.74, 6) is 2.08. The quantitative estimate of drug-likeness (QED) is 0.798. The van der Waals surface area contributed by atoms with Gasteiger partial charge in [0, 0.05) is 37.1 Å². The second-order valence-electron chi connectivity index (χ2n) is 6.47. The number of nitrogens with two attached hydrogens (primary N) is 1. The van der Waals surface area contributed by atoms with E-state index in [4.69, 9.17) is 5.73 Å². The van der Waals surface area contributed by atoms with Gasteiger partial charge in [-0.15, -0.1) is 0 Å². The van der Waals surface area contributed by atoms with E-state index >= 15 is 0 Å². The summed E-state index contributed by atoms with van der Waals surface area (Å²) in [4.78, 5) is 10.5. The van der Waals surface area contributed by atoms with Gasteiger partial charge in [0.1, 0.15) is 11.6 Å². The molecule has 0 amide bonds. The maximum absolute atomic E-state index is 11.9. The minimum atomic E-state index is -3.50. The number of fused-ring (bicyclic) bond motifs is 1. The molecular weight excluding hydrogens is 326 g/mol. The van der Waals surface area contributed by atoms with Crippen LogP contribution in [-0.2, 0) is 9.84 Å². The summed E-state index contributed by atoms with van der Waals surface area (Å²) in [6, 6.07) is 11.6. The van der Waals surface area contributed by atoms with Crippen LogP contribution in [-0.4, -0.2) is 43.8 Å². The van der Waals surface area contributed by atoms with E-state index in [0.29, 0.717) is 23.5 Å². The normalized spacial score (nSPS) is 25.4. The summed E-state index contributed by atoms with van der Waals surface area (Å²) in [5.41, 5.74) is 6.82. The topological polar surface area (TPSA) is 101 Å². The third-order valence-corrected chi connectivity index (χ3v) is 5.50. The molecule has 1 saturated carbocycles. The van der Waals surface area contributed by atoms with Crippen molar-refractivity contribution < 1.29 is 8.42 Å². The number of para-hydroxylation sites is 1. The Labute approximate surface area is 140 Å². The lowest BCUT2D eigenvalue weighted by Crippen LogP contribution is -2.29. The van der Waals surface area contributed by atoms with Crippen LogP contribution >= 0.6 is 0 Å². The second kappa shape index (κ2) is 5.42. The number of benzene rings is 1. The predicted molar refractivity (Wildman–Crippen MR) is 92.0 cm³/mol. The van der Waals surface area contributed by atoms with Crippen molar-refractivity contribution in [2.24, 2.45) is 17.6 Å². The summed E-state index contributed by atoms with van der Waals surface area (Å²) >= 11 is 0. The summed E-state index contributed by atoms with van der Waals surface area (Å²) in [5, 5.41) is 2.98. The van der Waals surface area contributed by atoms with Crippen LogP contribution in [0.15, 0.2) is 41.6 Å². The van der Waals surface area contributed by atoms with Gasteiger partial charge in [-0.1, -0.05) is 18.2 Å². The van der Waals surface area contributed by atoms with E-state index in [1.165, 1.54) is 0 Å². The zero-order valence-corrected chi connectivity index (χ0v) is 14.1. The van der Waals surface area contributed by atoms with Crippen molar-refractivity contribution >= 4 is 27.2 Å². The number of nitrogens with one attached hydrogen (secondary N) is 1. The van der Waals surface area contributed by atoms with Crippen LogP contribution in [0.3, 0.4) is 0 Å². The first-order chi connectivity index (χ1) is 11.4. The van der Waals surface area contributed by atoms with Crippen molar-refractivity contribution in [1.82, 2.24) is 9.97 Å². The molecule has 2 aromatic rings. The minimum absolute atomic E-state index is 0.164. The smallest absolute Gasteiger partial charge is 0.250 e. The Morgan fingerprint density at radius 2 is 1.83 bits per heavy atom. The van der Waals surface area contributed by atoms with Crippen LogP contribution < -0.4 is 16.0 Å². The number of hydrogen-bond donors (Lipinski definition) is 2. The Kier molecular flexibility index (Phi) is 3.47. The van der Waals surface area contributed by atoms with E-state index in [1.807, 2.05) is 30.3 Å². The highest BCUT2D eigenvalue weighted by Crippen LogP contribution is 2.45. The molecule has 1 aliphatic heterocycles. The van der Waals surface area contributed by atoms with E-state index < -0.39 is 9.84 Å². The molecule has 0 radical (unpaired) electrons. The highest BCUT2D eigenvalue weighted by molar-refractivity contribution is 7.90. The van der Waals surface area contributed by atoms with Gasteiger partial charge in [0.25, 0.3) is 5.16 Å². The van der Waals surface area contributed by atoms with E-state index in [2.05, 4.69) is 20.2 Å². The first kappa shape index (κ1) is 15.3. The lowest BCUT2D eigenvalue weighted by molar-refractivity contribution is 0.592. The Hall–Kier alpha value is -2.19. The second-order valence-corrected chi connectivity index (χ2v) is 8.38. The lowest BCUT2D eigenvalue weighted by atomic mass is 10.3. The van der Waals surface area contributed by atoms with Gasteiger partial charge in [-0.05, 0) is 24.0 Å². The van der Waals surface area contributed by atoms with E-state index in [-0.39, 0.29) is 11.2 Å². The summed E-state index contributed by atoms with van der Waals surface area (Å²) < 4.78 is 23.9. The van der Waals surface area contributed by atoms with Gasteiger partial charge >= 0.3 is 0 Å². The van der Waals surface area contributed by atoms with Crippen molar-refractivity contribution in [3.63, 3.8) is 0 Å². The maximum atomic E-state index is 11.9. The highest BCUT2D eigenvalue weighted by atomic mass is 32.2. The van der Waals surface area contributed by atoms with Gasteiger partial charge in [-0.3, -0.25) is 0 Å². The van der Waals surface area contributed by atoms with Gasteiger partial charge in [0.05, 0.1) is 0 Å². The highest BCUT2D eigenvalue weighted by Gasteiger charge is 2.53. The SMILES string of the molecule is CS(=O)(=O)c1nc(Nc2ccccc2)cc(N2C[C@@H]3C(N)[C@@H]3C2)n1. The molecule has 8 heteroatoms. The number of nitrogens with zero attached hydrogens (tertiary/aromatic N) is 3. The summed E-state index contributed by atoms with van der Waals surface area (Å²) in [6.07, 6.45) is 1.12. The van der Waals surface area contributed by atoms with E-state index in [0.717, 1.165) is 25.0 Å².